The van der Waals surface area contributed by atoms with E-state index in [-0.39, 0.29) is 6.04 Å². The number of anilines is 2. The molecule has 2 saturated heterocycles. The zero-order valence-corrected chi connectivity index (χ0v) is 21.1. The van der Waals surface area contributed by atoms with Gasteiger partial charge in [0.1, 0.15) is 6.07 Å². The fourth-order valence-corrected chi connectivity index (χ4v) is 5.73. The van der Waals surface area contributed by atoms with Gasteiger partial charge in [-0.25, -0.2) is 4.52 Å². The molecule has 2 aliphatic heterocycles. The van der Waals surface area contributed by atoms with E-state index < -0.39 is 0 Å². The predicted octanol–water partition coefficient (Wildman–Crippen LogP) is 3.13. The first-order valence-electron chi connectivity index (χ1n) is 12.1. The number of nitrogens with one attached hydrogen (secondary N) is 1. The van der Waals surface area contributed by atoms with Gasteiger partial charge in [0.2, 0.25) is 5.13 Å². The van der Waals surface area contributed by atoms with Gasteiger partial charge in [0.15, 0.2) is 5.01 Å². The molecule has 184 valence electrons. The van der Waals surface area contributed by atoms with Crippen molar-refractivity contribution in [3.63, 3.8) is 0 Å². The van der Waals surface area contributed by atoms with Crippen molar-refractivity contribution in [2.75, 3.05) is 49.6 Å². The number of hydrogen-bond acceptors (Lipinski definition) is 10. The number of nitriles is 1. The number of rotatable bonds is 5. The Hall–Kier alpha value is -3.59. The van der Waals surface area contributed by atoms with Crippen LogP contribution in [0.15, 0.2) is 36.7 Å². The molecule has 6 heterocycles. The lowest BCUT2D eigenvalue weighted by Crippen LogP contribution is -2.58. The van der Waals surface area contributed by atoms with Gasteiger partial charge < -0.3 is 15.0 Å². The highest BCUT2D eigenvalue weighted by atomic mass is 32.1. The number of morpholine rings is 1. The largest absolute Gasteiger partial charge is 0.382 e. The van der Waals surface area contributed by atoms with Crippen LogP contribution in [0.1, 0.15) is 19.4 Å². The third-order valence-electron chi connectivity index (χ3n) is 6.59. The van der Waals surface area contributed by atoms with Gasteiger partial charge in [-0.3, -0.25) is 9.88 Å². The van der Waals surface area contributed by atoms with Crippen LogP contribution < -0.4 is 10.2 Å². The molecule has 2 fully saturated rings. The molecule has 10 nitrogen and oxygen atoms in total. The van der Waals surface area contributed by atoms with E-state index in [9.17, 15) is 5.26 Å². The lowest BCUT2D eigenvalue weighted by Gasteiger charge is -2.43. The highest BCUT2D eigenvalue weighted by Crippen LogP contribution is 2.36. The molecule has 0 spiro atoms. The van der Waals surface area contributed by atoms with Gasteiger partial charge in [-0.2, -0.15) is 10.4 Å². The first kappa shape index (κ1) is 22.8. The minimum atomic E-state index is 0.228. The summed E-state index contributed by atoms with van der Waals surface area (Å²) < 4.78 is 7.50. The Labute approximate surface area is 213 Å². The van der Waals surface area contributed by atoms with Crippen molar-refractivity contribution in [2.45, 2.75) is 25.9 Å². The van der Waals surface area contributed by atoms with E-state index in [2.05, 4.69) is 50.3 Å². The highest BCUT2D eigenvalue weighted by molar-refractivity contribution is 7.18. The van der Waals surface area contributed by atoms with Gasteiger partial charge in [0.25, 0.3) is 0 Å². The summed E-state index contributed by atoms with van der Waals surface area (Å²) in [5.41, 5.74) is 4.91. The normalized spacial score (nSPS) is 18.4. The van der Waals surface area contributed by atoms with Crippen molar-refractivity contribution in [3.05, 3.63) is 42.2 Å². The summed E-state index contributed by atoms with van der Waals surface area (Å²) in [7, 11) is 0. The van der Waals surface area contributed by atoms with Crippen LogP contribution in [0.3, 0.4) is 0 Å². The Morgan fingerprint density at radius 2 is 2.08 bits per heavy atom. The van der Waals surface area contributed by atoms with E-state index >= 15 is 0 Å². The van der Waals surface area contributed by atoms with Crippen molar-refractivity contribution < 1.29 is 4.74 Å². The van der Waals surface area contributed by atoms with Crippen molar-refractivity contribution in [3.8, 4) is 28.0 Å². The lowest BCUT2D eigenvalue weighted by molar-refractivity contribution is -0.0117. The van der Waals surface area contributed by atoms with E-state index in [1.807, 2.05) is 30.5 Å². The van der Waals surface area contributed by atoms with Crippen molar-refractivity contribution in [1.82, 2.24) is 29.7 Å². The van der Waals surface area contributed by atoms with Crippen LogP contribution in [-0.2, 0) is 4.74 Å². The quantitative estimate of drug-likeness (QED) is 0.441. The number of nitrogens with zero attached hydrogens (tertiary/aromatic N) is 8. The summed E-state index contributed by atoms with van der Waals surface area (Å²) in [4.78, 5) is 9.60. The number of hydrogen-bond donors (Lipinski definition) is 1. The van der Waals surface area contributed by atoms with Gasteiger partial charge >= 0.3 is 0 Å². The molecule has 11 heteroatoms. The Kier molecular flexibility index (Phi) is 6.00. The SMILES string of the molecule is CC(C)Nc1cc(-c2ccc3cc(C#N)cnn23)ncc1-c1nnc(N2CCN3CCOCC3C2)s1. The molecule has 0 bridgehead atoms. The van der Waals surface area contributed by atoms with Crippen LogP contribution in [0, 0.1) is 11.3 Å². The molecule has 0 saturated carbocycles. The fourth-order valence-electron chi connectivity index (χ4n) is 4.82. The van der Waals surface area contributed by atoms with E-state index in [1.54, 1.807) is 22.0 Å². The van der Waals surface area contributed by atoms with Crippen molar-refractivity contribution in [1.29, 1.82) is 5.26 Å². The van der Waals surface area contributed by atoms with Crippen LogP contribution in [-0.4, -0.2) is 81.2 Å². The summed E-state index contributed by atoms with van der Waals surface area (Å²) in [6.07, 6.45) is 3.43. The van der Waals surface area contributed by atoms with Gasteiger partial charge in [-0.05, 0) is 38.1 Å². The molecule has 0 radical (unpaired) electrons. The third kappa shape index (κ3) is 4.28. The first-order chi connectivity index (χ1) is 17.6. The minimum absolute atomic E-state index is 0.228. The molecule has 1 N–H and O–H groups in total. The topological polar surface area (TPSA) is 108 Å². The Bertz CT molecular complexity index is 1440. The molecule has 2 aliphatic rings. The second-order valence-corrected chi connectivity index (χ2v) is 10.4. The molecular formula is C25H27N9OS. The first-order valence-corrected chi connectivity index (χ1v) is 13.0. The second-order valence-electron chi connectivity index (χ2n) is 9.43. The number of ether oxygens (including phenoxy) is 1. The van der Waals surface area contributed by atoms with Crippen molar-refractivity contribution in [2.24, 2.45) is 0 Å². The summed E-state index contributed by atoms with van der Waals surface area (Å²) in [6, 6.07) is 10.6. The average Bonchev–Trinajstić information content (AvgIpc) is 3.55. The Balaban J connectivity index is 1.31. The maximum Gasteiger partial charge on any atom is 0.208 e. The van der Waals surface area contributed by atoms with E-state index in [0.29, 0.717) is 11.6 Å². The second kappa shape index (κ2) is 9.46. The zero-order chi connectivity index (χ0) is 24.6. The number of fused-ring (bicyclic) bond motifs is 2. The molecule has 0 aromatic carbocycles. The number of aromatic nitrogens is 5. The lowest BCUT2D eigenvalue weighted by atomic mass is 10.1. The zero-order valence-electron chi connectivity index (χ0n) is 20.3. The Morgan fingerprint density at radius 1 is 1.17 bits per heavy atom. The number of pyridine rings is 1. The molecule has 36 heavy (non-hydrogen) atoms. The predicted molar refractivity (Wildman–Crippen MR) is 139 cm³/mol. The monoisotopic (exact) mass is 501 g/mol. The molecule has 4 aromatic heterocycles. The van der Waals surface area contributed by atoms with E-state index in [4.69, 9.17) is 9.72 Å². The van der Waals surface area contributed by atoms with Crippen LogP contribution in [0.25, 0.3) is 27.5 Å². The Morgan fingerprint density at radius 3 is 2.94 bits per heavy atom. The molecule has 0 amide bonds. The molecule has 1 atom stereocenters. The van der Waals surface area contributed by atoms with Crippen LogP contribution in [0.4, 0.5) is 10.8 Å². The third-order valence-corrected chi connectivity index (χ3v) is 7.61. The smallest absolute Gasteiger partial charge is 0.208 e. The van der Waals surface area contributed by atoms with Gasteiger partial charge in [-0.1, -0.05) is 11.3 Å². The maximum absolute atomic E-state index is 9.18. The summed E-state index contributed by atoms with van der Waals surface area (Å²) in [5.74, 6) is 0. The standard InChI is InChI=1S/C25H27N9OS/c1-16(2)29-21-10-22(23-4-3-18-9-17(11-26)12-28-34(18)23)27-13-20(21)24-30-31-25(36-24)33-6-5-32-7-8-35-15-19(32)14-33/h3-4,9-10,12-13,16,19H,5-8,14-15H2,1-2H3,(H,27,29). The van der Waals surface area contributed by atoms with Crippen molar-refractivity contribution >= 4 is 27.7 Å². The molecule has 4 aromatic rings. The summed E-state index contributed by atoms with van der Waals surface area (Å²) in [6.45, 7) is 9.70. The fraction of sp³-hybridized carbons (Fsp3) is 0.400. The maximum atomic E-state index is 9.18. The minimum Gasteiger partial charge on any atom is -0.382 e. The molecular weight excluding hydrogens is 474 g/mol. The average molecular weight is 502 g/mol. The van der Waals surface area contributed by atoms with Crippen LogP contribution in [0.2, 0.25) is 0 Å². The van der Waals surface area contributed by atoms with Gasteiger partial charge in [0, 0.05) is 44.1 Å². The molecule has 6 rings (SSSR count). The number of piperazine rings is 1. The molecule has 0 aliphatic carbocycles. The van der Waals surface area contributed by atoms with E-state index in [1.165, 1.54) is 0 Å². The highest BCUT2D eigenvalue weighted by Gasteiger charge is 2.31. The summed E-state index contributed by atoms with van der Waals surface area (Å²) in [5, 5.41) is 28.0. The van der Waals surface area contributed by atoms with E-state index in [0.717, 1.165) is 77.7 Å². The van der Waals surface area contributed by atoms with Crippen LogP contribution in [0.5, 0.6) is 0 Å². The molecule has 1 unspecified atom stereocenters. The van der Waals surface area contributed by atoms with Crippen LogP contribution >= 0.6 is 11.3 Å². The summed E-state index contributed by atoms with van der Waals surface area (Å²) >= 11 is 1.60. The van der Waals surface area contributed by atoms with Gasteiger partial charge in [-0.15, -0.1) is 10.2 Å². The van der Waals surface area contributed by atoms with Gasteiger partial charge in [0.05, 0.1) is 53.5 Å².